The summed E-state index contributed by atoms with van der Waals surface area (Å²) >= 11 is 0. The number of imidazole rings is 1. The molecule has 3 aromatic rings. The number of hydrogen-bond donors (Lipinski definition) is 0. The van der Waals surface area contributed by atoms with E-state index in [0.717, 1.165) is 22.9 Å². The van der Waals surface area contributed by atoms with Crippen LogP contribution in [0.15, 0.2) is 42.7 Å². The Bertz CT molecular complexity index is 1010. The molecule has 0 radical (unpaired) electrons. The summed E-state index contributed by atoms with van der Waals surface area (Å²) in [6.07, 6.45) is -0.513. The van der Waals surface area contributed by atoms with E-state index < -0.39 is 17.6 Å². The Labute approximate surface area is 153 Å². The molecular weight excluding hydrogens is 357 g/mol. The molecule has 0 aliphatic carbocycles. The first-order valence-corrected chi connectivity index (χ1v) is 8.58. The molecule has 2 aromatic heterocycles. The maximum atomic E-state index is 13.2. The number of pyridine rings is 1. The predicted octanol–water partition coefficient (Wildman–Crippen LogP) is 3.62. The number of amides is 1. The van der Waals surface area contributed by atoms with Crippen molar-refractivity contribution in [3.05, 3.63) is 59.7 Å². The van der Waals surface area contributed by atoms with Crippen molar-refractivity contribution in [1.82, 2.24) is 19.4 Å². The maximum Gasteiger partial charge on any atom is 0.417 e. The molecule has 1 fully saturated rings. The second-order valence-corrected chi connectivity index (χ2v) is 6.67. The van der Waals surface area contributed by atoms with E-state index in [1.54, 1.807) is 12.4 Å². The molecule has 1 aliphatic heterocycles. The molecule has 0 saturated carbocycles. The Morgan fingerprint density at radius 2 is 2.00 bits per heavy atom. The third-order valence-electron chi connectivity index (χ3n) is 5.02. The molecule has 1 saturated heterocycles. The maximum absolute atomic E-state index is 13.2. The van der Waals surface area contributed by atoms with Crippen LogP contribution in [0.2, 0.25) is 0 Å². The zero-order valence-electron chi connectivity index (χ0n) is 14.6. The van der Waals surface area contributed by atoms with Gasteiger partial charge < -0.3 is 9.47 Å². The Morgan fingerprint density at radius 1 is 1.22 bits per heavy atom. The number of likely N-dealkylation sites (tertiary alicyclic amines) is 1. The summed E-state index contributed by atoms with van der Waals surface area (Å²) in [5.41, 5.74) is 0.501. The Kier molecular flexibility index (Phi) is 4.13. The van der Waals surface area contributed by atoms with Gasteiger partial charge in [0.05, 0.1) is 28.4 Å². The van der Waals surface area contributed by atoms with Gasteiger partial charge in [-0.25, -0.2) is 4.98 Å². The van der Waals surface area contributed by atoms with Crippen LogP contribution in [0.1, 0.15) is 34.1 Å². The van der Waals surface area contributed by atoms with E-state index in [1.807, 2.05) is 17.7 Å². The van der Waals surface area contributed by atoms with E-state index in [2.05, 4.69) is 9.97 Å². The number of aryl methyl sites for hydroxylation is 1. The minimum absolute atomic E-state index is 0.0237. The van der Waals surface area contributed by atoms with Gasteiger partial charge >= 0.3 is 6.18 Å². The van der Waals surface area contributed by atoms with E-state index in [9.17, 15) is 18.0 Å². The van der Waals surface area contributed by atoms with Crippen molar-refractivity contribution < 1.29 is 18.0 Å². The Balaban J connectivity index is 1.60. The van der Waals surface area contributed by atoms with Gasteiger partial charge in [0.15, 0.2) is 0 Å². The van der Waals surface area contributed by atoms with Crippen LogP contribution in [0.25, 0.3) is 11.0 Å². The van der Waals surface area contributed by atoms with Crippen molar-refractivity contribution in [1.29, 1.82) is 0 Å². The van der Waals surface area contributed by atoms with Crippen LogP contribution in [0.4, 0.5) is 13.2 Å². The molecular formula is C19H17F3N4O. The summed E-state index contributed by atoms with van der Waals surface area (Å²) in [5.74, 6) is 0.202. The average Bonchev–Trinajstić information content (AvgIpc) is 3.26. The zero-order chi connectivity index (χ0) is 19.2. The number of rotatable bonds is 2. The van der Waals surface area contributed by atoms with Crippen LogP contribution >= 0.6 is 0 Å². The van der Waals surface area contributed by atoms with Crippen LogP contribution in [0, 0.1) is 0 Å². The number of carbonyl (C=O) groups excluding carboxylic acids is 1. The second-order valence-electron chi connectivity index (χ2n) is 6.67. The third kappa shape index (κ3) is 3.05. The van der Waals surface area contributed by atoms with E-state index in [-0.39, 0.29) is 11.5 Å². The molecule has 1 atom stereocenters. The summed E-state index contributed by atoms with van der Waals surface area (Å²) in [7, 11) is 1.88. The molecule has 0 unspecified atom stereocenters. The fourth-order valence-electron chi connectivity index (χ4n) is 3.66. The molecule has 1 amide bonds. The predicted molar refractivity (Wildman–Crippen MR) is 93.2 cm³/mol. The highest BCUT2D eigenvalue weighted by atomic mass is 19.4. The molecule has 3 heterocycles. The van der Waals surface area contributed by atoms with Gasteiger partial charge in [-0.1, -0.05) is 12.1 Å². The number of aromatic nitrogens is 3. The summed E-state index contributed by atoms with van der Waals surface area (Å²) in [5, 5.41) is 0. The van der Waals surface area contributed by atoms with Gasteiger partial charge in [-0.15, -0.1) is 0 Å². The van der Waals surface area contributed by atoms with Crippen molar-refractivity contribution in [2.75, 3.05) is 13.1 Å². The standard InChI is InChI=1S/C19H17F3N4O/c1-25-16-10-23-8-6-15(16)24-17(25)12-7-9-26(11-12)18(27)13-4-2-3-5-14(13)19(20,21)22/h2-6,8,10,12H,7,9,11H2,1H3/t12-/m0/s1. The second kappa shape index (κ2) is 6.37. The normalized spacial score (nSPS) is 17.6. The topological polar surface area (TPSA) is 51.0 Å². The van der Waals surface area contributed by atoms with Gasteiger partial charge in [-0.3, -0.25) is 9.78 Å². The fraction of sp³-hybridized carbons (Fsp3) is 0.316. The molecule has 1 aliphatic rings. The van der Waals surface area contributed by atoms with Crippen molar-refractivity contribution in [2.45, 2.75) is 18.5 Å². The van der Waals surface area contributed by atoms with Crippen LogP contribution in [0.5, 0.6) is 0 Å². The summed E-state index contributed by atoms with van der Waals surface area (Å²) in [6.45, 7) is 0.743. The number of nitrogens with zero attached hydrogens (tertiary/aromatic N) is 4. The highest BCUT2D eigenvalue weighted by Crippen LogP contribution is 2.34. The highest BCUT2D eigenvalue weighted by molar-refractivity contribution is 5.96. The van der Waals surface area contributed by atoms with Crippen molar-refractivity contribution in [3.8, 4) is 0 Å². The lowest BCUT2D eigenvalue weighted by Gasteiger charge is -2.19. The third-order valence-corrected chi connectivity index (χ3v) is 5.02. The van der Waals surface area contributed by atoms with E-state index in [0.29, 0.717) is 19.5 Å². The Morgan fingerprint density at radius 3 is 2.74 bits per heavy atom. The molecule has 4 rings (SSSR count). The van der Waals surface area contributed by atoms with Crippen LogP contribution < -0.4 is 0 Å². The van der Waals surface area contributed by atoms with E-state index >= 15 is 0 Å². The van der Waals surface area contributed by atoms with Gasteiger partial charge in [0, 0.05) is 32.3 Å². The van der Waals surface area contributed by atoms with E-state index in [1.165, 1.54) is 23.1 Å². The fourth-order valence-corrected chi connectivity index (χ4v) is 3.66. The van der Waals surface area contributed by atoms with Gasteiger partial charge in [0.2, 0.25) is 0 Å². The molecule has 0 N–H and O–H groups in total. The largest absolute Gasteiger partial charge is 0.417 e. The molecule has 5 nitrogen and oxygen atoms in total. The zero-order valence-corrected chi connectivity index (χ0v) is 14.6. The van der Waals surface area contributed by atoms with Crippen molar-refractivity contribution in [2.24, 2.45) is 7.05 Å². The van der Waals surface area contributed by atoms with Gasteiger partial charge in [0.1, 0.15) is 5.82 Å². The van der Waals surface area contributed by atoms with Crippen LogP contribution in [-0.4, -0.2) is 38.4 Å². The Hall–Kier alpha value is -2.90. The SMILES string of the molecule is Cn1c([C@H]2CCN(C(=O)c3ccccc3C(F)(F)F)C2)nc2ccncc21. The first-order valence-electron chi connectivity index (χ1n) is 8.58. The van der Waals surface area contributed by atoms with Gasteiger partial charge in [-0.2, -0.15) is 13.2 Å². The lowest BCUT2D eigenvalue weighted by Crippen LogP contribution is -2.30. The number of benzene rings is 1. The monoisotopic (exact) mass is 374 g/mol. The van der Waals surface area contributed by atoms with Gasteiger partial charge in [-0.05, 0) is 24.6 Å². The first-order chi connectivity index (χ1) is 12.9. The summed E-state index contributed by atoms with van der Waals surface area (Å²) < 4.78 is 41.6. The van der Waals surface area contributed by atoms with Crippen LogP contribution in [0.3, 0.4) is 0 Å². The summed E-state index contributed by atoms with van der Waals surface area (Å²) in [6, 6.07) is 6.74. The quantitative estimate of drug-likeness (QED) is 0.689. The average molecular weight is 374 g/mol. The minimum atomic E-state index is -4.56. The van der Waals surface area contributed by atoms with Crippen molar-refractivity contribution in [3.63, 3.8) is 0 Å². The number of hydrogen-bond acceptors (Lipinski definition) is 3. The van der Waals surface area contributed by atoms with Crippen LogP contribution in [-0.2, 0) is 13.2 Å². The smallest absolute Gasteiger partial charge is 0.338 e. The number of fused-ring (bicyclic) bond motifs is 1. The molecule has 0 spiro atoms. The highest BCUT2D eigenvalue weighted by Gasteiger charge is 2.38. The van der Waals surface area contributed by atoms with E-state index in [4.69, 9.17) is 0 Å². The molecule has 8 heteroatoms. The number of carbonyl (C=O) groups is 1. The number of halogens is 3. The first kappa shape index (κ1) is 17.5. The lowest BCUT2D eigenvalue weighted by molar-refractivity contribution is -0.138. The molecule has 27 heavy (non-hydrogen) atoms. The van der Waals surface area contributed by atoms with Gasteiger partial charge in [0.25, 0.3) is 5.91 Å². The van der Waals surface area contributed by atoms with Crippen molar-refractivity contribution >= 4 is 16.9 Å². The molecule has 140 valence electrons. The molecule has 0 bridgehead atoms. The summed E-state index contributed by atoms with van der Waals surface area (Å²) in [4.78, 5) is 22.9. The minimum Gasteiger partial charge on any atom is -0.338 e. The lowest BCUT2D eigenvalue weighted by atomic mass is 10.1. The number of alkyl halides is 3. The molecule has 1 aromatic carbocycles.